The first-order valence-electron chi connectivity index (χ1n) is 2.82. The minimum absolute atomic E-state index is 0.545. The van der Waals surface area contributed by atoms with E-state index in [1.807, 2.05) is 6.07 Å². The zero-order valence-corrected chi connectivity index (χ0v) is 5.26. The minimum Gasteiger partial charge on any atom is -0.374 e. The highest BCUT2D eigenvalue weighted by Gasteiger charge is 2.01. The highest BCUT2D eigenvalue weighted by atomic mass is 16.3. The molecule has 3 nitrogen and oxygen atoms in total. The van der Waals surface area contributed by atoms with Crippen LogP contribution >= 0.6 is 0 Å². The highest BCUT2D eigenvalue weighted by Crippen LogP contribution is 2.05. The van der Waals surface area contributed by atoms with Crippen LogP contribution in [0.5, 0.6) is 0 Å². The van der Waals surface area contributed by atoms with Crippen LogP contribution in [0.2, 0.25) is 0 Å². The van der Waals surface area contributed by atoms with Crippen LogP contribution in [0.25, 0.3) is 0 Å². The van der Waals surface area contributed by atoms with Crippen molar-refractivity contribution in [1.82, 2.24) is 10.3 Å². The van der Waals surface area contributed by atoms with Crippen molar-refractivity contribution >= 4 is 0 Å². The maximum atomic E-state index is 9.09. The summed E-state index contributed by atoms with van der Waals surface area (Å²) in [4.78, 5) is 2.84. The van der Waals surface area contributed by atoms with Gasteiger partial charge in [-0.05, 0) is 13.1 Å². The monoisotopic (exact) mass is 126 g/mol. The van der Waals surface area contributed by atoms with Crippen LogP contribution in [-0.4, -0.2) is 17.1 Å². The fraction of sp³-hybridized carbons (Fsp3) is 0.333. The molecule has 0 amide bonds. The lowest BCUT2D eigenvalue weighted by Crippen LogP contribution is -2.14. The zero-order valence-electron chi connectivity index (χ0n) is 5.26. The maximum Gasteiger partial charge on any atom is 0.132 e. The molecule has 3 heteroatoms. The molecule has 1 heterocycles. The number of nitrogens with one attached hydrogen (secondary N) is 2. The van der Waals surface area contributed by atoms with Crippen molar-refractivity contribution in [1.29, 1.82) is 0 Å². The molecular weight excluding hydrogens is 116 g/mol. The van der Waals surface area contributed by atoms with Gasteiger partial charge in [-0.1, -0.05) is 0 Å². The molecule has 50 valence electrons. The first-order chi connectivity index (χ1) is 4.34. The Balaban J connectivity index is 2.65. The molecule has 1 atom stereocenters. The maximum absolute atomic E-state index is 9.09. The molecule has 1 unspecified atom stereocenters. The number of aromatic nitrogens is 1. The molecule has 0 spiro atoms. The second-order valence-corrected chi connectivity index (χ2v) is 1.84. The molecule has 0 aliphatic heterocycles. The number of hydrogen-bond acceptors (Lipinski definition) is 2. The van der Waals surface area contributed by atoms with Crippen molar-refractivity contribution in [2.45, 2.75) is 6.23 Å². The third-order valence-corrected chi connectivity index (χ3v) is 1.21. The fourth-order valence-corrected chi connectivity index (χ4v) is 0.674. The van der Waals surface area contributed by atoms with Crippen molar-refractivity contribution in [3.63, 3.8) is 0 Å². The Hall–Kier alpha value is -0.800. The van der Waals surface area contributed by atoms with Crippen LogP contribution in [0.15, 0.2) is 18.5 Å². The van der Waals surface area contributed by atoms with Gasteiger partial charge >= 0.3 is 0 Å². The Morgan fingerprint density at radius 1 is 1.78 bits per heavy atom. The summed E-state index contributed by atoms with van der Waals surface area (Å²) in [7, 11) is 1.71. The Kier molecular flexibility index (Phi) is 1.87. The number of aromatic amines is 1. The van der Waals surface area contributed by atoms with Gasteiger partial charge in [0.2, 0.25) is 0 Å². The van der Waals surface area contributed by atoms with E-state index in [1.165, 1.54) is 0 Å². The van der Waals surface area contributed by atoms with Crippen LogP contribution in [-0.2, 0) is 0 Å². The van der Waals surface area contributed by atoms with Gasteiger partial charge in [0.05, 0.1) is 0 Å². The quantitative estimate of drug-likeness (QED) is 0.496. The van der Waals surface area contributed by atoms with E-state index in [1.54, 1.807) is 19.4 Å². The summed E-state index contributed by atoms with van der Waals surface area (Å²) in [5.74, 6) is 0. The van der Waals surface area contributed by atoms with E-state index in [0.29, 0.717) is 0 Å². The number of rotatable bonds is 2. The van der Waals surface area contributed by atoms with Gasteiger partial charge in [0.15, 0.2) is 0 Å². The lowest BCUT2D eigenvalue weighted by Gasteiger charge is -2.04. The Labute approximate surface area is 53.7 Å². The largest absolute Gasteiger partial charge is 0.374 e. The third-order valence-electron chi connectivity index (χ3n) is 1.21. The number of H-pyrrole nitrogens is 1. The molecule has 0 aliphatic carbocycles. The number of aliphatic hydroxyl groups is 1. The third kappa shape index (κ3) is 1.31. The van der Waals surface area contributed by atoms with Gasteiger partial charge < -0.3 is 10.1 Å². The zero-order chi connectivity index (χ0) is 6.69. The average molecular weight is 126 g/mol. The molecule has 0 bridgehead atoms. The van der Waals surface area contributed by atoms with Gasteiger partial charge in [-0.2, -0.15) is 0 Å². The lowest BCUT2D eigenvalue weighted by molar-refractivity contribution is 0.149. The summed E-state index contributed by atoms with van der Waals surface area (Å²) < 4.78 is 0. The molecule has 1 rings (SSSR count). The minimum atomic E-state index is -0.545. The second-order valence-electron chi connectivity index (χ2n) is 1.84. The molecule has 0 radical (unpaired) electrons. The highest BCUT2D eigenvalue weighted by molar-refractivity contribution is 5.10. The molecule has 0 saturated heterocycles. The van der Waals surface area contributed by atoms with Crippen LogP contribution in [0.3, 0.4) is 0 Å². The predicted molar refractivity (Wildman–Crippen MR) is 34.8 cm³/mol. The summed E-state index contributed by atoms with van der Waals surface area (Å²) in [5, 5.41) is 11.8. The Morgan fingerprint density at radius 2 is 2.56 bits per heavy atom. The summed E-state index contributed by atoms with van der Waals surface area (Å²) in [6.45, 7) is 0. The standard InChI is InChI=1S/C6H10N2O/c1-7-6(9)5-2-3-8-4-5/h2-4,6-9H,1H3. The van der Waals surface area contributed by atoms with Gasteiger partial charge in [0, 0.05) is 18.0 Å². The number of aliphatic hydroxyl groups excluding tert-OH is 1. The van der Waals surface area contributed by atoms with Crippen molar-refractivity contribution < 1.29 is 5.11 Å². The van der Waals surface area contributed by atoms with E-state index < -0.39 is 6.23 Å². The normalized spacial score (nSPS) is 13.6. The van der Waals surface area contributed by atoms with Crippen LogP contribution < -0.4 is 5.32 Å². The van der Waals surface area contributed by atoms with Gasteiger partial charge in [-0.3, -0.25) is 5.32 Å². The first kappa shape index (κ1) is 6.32. The van der Waals surface area contributed by atoms with E-state index >= 15 is 0 Å². The van der Waals surface area contributed by atoms with E-state index in [0.717, 1.165) is 5.56 Å². The Morgan fingerprint density at radius 3 is 3.00 bits per heavy atom. The molecule has 0 saturated carbocycles. The van der Waals surface area contributed by atoms with Gasteiger partial charge in [-0.15, -0.1) is 0 Å². The van der Waals surface area contributed by atoms with Gasteiger partial charge in [0.25, 0.3) is 0 Å². The summed E-state index contributed by atoms with van der Waals surface area (Å²) in [5.41, 5.74) is 0.859. The van der Waals surface area contributed by atoms with Crippen LogP contribution in [0, 0.1) is 0 Å². The van der Waals surface area contributed by atoms with E-state index in [4.69, 9.17) is 5.11 Å². The molecule has 0 fully saturated rings. The van der Waals surface area contributed by atoms with Crippen LogP contribution in [0.4, 0.5) is 0 Å². The van der Waals surface area contributed by atoms with Crippen molar-refractivity contribution in [3.05, 3.63) is 24.0 Å². The van der Waals surface area contributed by atoms with Crippen molar-refractivity contribution in [2.24, 2.45) is 0 Å². The second kappa shape index (κ2) is 2.66. The summed E-state index contributed by atoms with van der Waals surface area (Å²) in [6, 6.07) is 1.82. The smallest absolute Gasteiger partial charge is 0.132 e. The van der Waals surface area contributed by atoms with Gasteiger partial charge in [0.1, 0.15) is 6.23 Å². The van der Waals surface area contributed by atoms with E-state index in [2.05, 4.69) is 10.3 Å². The van der Waals surface area contributed by atoms with Crippen LogP contribution in [0.1, 0.15) is 11.8 Å². The average Bonchev–Trinajstić information content (AvgIpc) is 2.37. The summed E-state index contributed by atoms with van der Waals surface area (Å²) in [6.07, 6.45) is 2.98. The van der Waals surface area contributed by atoms with Crippen molar-refractivity contribution in [2.75, 3.05) is 7.05 Å². The molecule has 0 aromatic carbocycles. The molecule has 9 heavy (non-hydrogen) atoms. The van der Waals surface area contributed by atoms with E-state index in [9.17, 15) is 0 Å². The topological polar surface area (TPSA) is 48.0 Å². The molecule has 1 aromatic rings. The lowest BCUT2D eigenvalue weighted by atomic mass is 10.3. The molecular formula is C6H10N2O. The van der Waals surface area contributed by atoms with E-state index in [-0.39, 0.29) is 0 Å². The molecule has 1 aromatic heterocycles. The summed E-state index contributed by atoms with van der Waals surface area (Å²) >= 11 is 0. The first-order valence-corrected chi connectivity index (χ1v) is 2.82. The molecule has 0 aliphatic rings. The van der Waals surface area contributed by atoms with Gasteiger partial charge in [-0.25, -0.2) is 0 Å². The fourth-order valence-electron chi connectivity index (χ4n) is 0.674. The van der Waals surface area contributed by atoms with Crippen molar-refractivity contribution in [3.8, 4) is 0 Å². The molecule has 3 N–H and O–H groups in total. The Bertz CT molecular complexity index is 160. The SMILES string of the molecule is CNC(O)c1cc[nH]c1. The predicted octanol–water partition coefficient (Wildman–Crippen LogP) is 0.225. The number of hydrogen-bond donors (Lipinski definition) is 3.